The number of aromatic nitrogens is 2. The maximum atomic E-state index is 5.20. The summed E-state index contributed by atoms with van der Waals surface area (Å²) >= 11 is 0. The molecule has 4 nitrogen and oxygen atoms in total. The van der Waals surface area contributed by atoms with Crippen molar-refractivity contribution in [3.05, 3.63) is 180 Å². The number of para-hydroxylation sites is 1. The Morgan fingerprint density at radius 2 is 1.03 bits per heavy atom. The second kappa shape index (κ2) is 11.2. The number of anilines is 1. The molecule has 0 bridgehead atoms. The molecule has 39 heavy (non-hydrogen) atoms. The summed E-state index contributed by atoms with van der Waals surface area (Å²) in [5, 5.41) is 5.20. The van der Waals surface area contributed by atoms with E-state index in [0.717, 1.165) is 33.6 Å². The highest BCUT2D eigenvalue weighted by atomic mass is 15.3. The zero-order chi connectivity index (χ0) is 26.3. The Morgan fingerprint density at radius 3 is 1.54 bits per heavy atom. The van der Waals surface area contributed by atoms with Crippen LogP contribution in [0.1, 0.15) is 22.3 Å². The summed E-state index contributed by atoms with van der Waals surface area (Å²) in [5.74, 6) is 0. The standard InChI is InChI=1S/C35H30N4/c1-5-13-30(14-6-1)35(31-15-7-2-8-16-31,32-17-9-3-10-18-32)39-26-25-34(38-39)29-23-21-28(22-24-29)27-36-37-33-19-11-4-12-20-33/h1-26,36-37H,27H2. The lowest BCUT2D eigenvalue weighted by Crippen LogP contribution is -2.38. The molecular weight excluding hydrogens is 476 g/mol. The largest absolute Gasteiger partial charge is 0.321 e. The third-order valence-electron chi connectivity index (χ3n) is 7.06. The molecule has 2 N–H and O–H groups in total. The minimum absolute atomic E-state index is 0.616. The molecule has 0 amide bonds. The number of nitrogens with one attached hydrogen (secondary N) is 2. The molecule has 4 heteroatoms. The van der Waals surface area contributed by atoms with Crippen LogP contribution in [0.5, 0.6) is 0 Å². The summed E-state index contributed by atoms with van der Waals surface area (Å²) in [6, 6.07) is 52.7. The lowest BCUT2D eigenvalue weighted by molar-refractivity contribution is 0.461. The molecule has 1 aromatic heterocycles. The van der Waals surface area contributed by atoms with Crippen molar-refractivity contribution in [3.8, 4) is 11.3 Å². The number of rotatable bonds is 9. The molecular formula is C35H30N4. The van der Waals surface area contributed by atoms with Crippen molar-refractivity contribution in [2.45, 2.75) is 12.1 Å². The summed E-state index contributed by atoms with van der Waals surface area (Å²) in [7, 11) is 0. The van der Waals surface area contributed by atoms with Gasteiger partial charge in [-0.15, -0.1) is 0 Å². The Bertz CT molecular complexity index is 1500. The minimum atomic E-state index is -0.616. The van der Waals surface area contributed by atoms with E-state index >= 15 is 0 Å². The predicted molar refractivity (Wildman–Crippen MR) is 159 cm³/mol. The second-order valence-corrected chi connectivity index (χ2v) is 9.50. The van der Waals surface area contributed by atoms with Gasteiger partial charge in [-0.1, -0.05) is 133 Å². The zero-order valence-electron chi connectivity index (χ0n) is 21.6. The maximum absolute atomic E-state index is 5.20. The molecule has 0 fully saturated rings. The van der Waals surface area contributed by atoms with Gasteiger partial charge >= 0.3 is 0 Å². The lowest BCUT2D eigenvalue weighted by Gasteiger charge is -2.36. The monoisotopic (exact) mass is 506 g/mol. The van der Waals surface area contributed by atoms with E-state index in [1.165, 1.54) is 5.56 Å². The topological polar surface area (TPSA) is 41.9 Å². The van der Waals surface area contributed by atoms with Crippen molar-refractivity contribution < 1.29 is 0 Å². The van der Waals surface area contributed by atoms with E-state index in [9.17, 15) is 0 Å². The van der Waals surface area contributed by atoms with Gasteiger partial charge in [-0.3, -0.25) is 4.68 Å². The van der Waals surface area contributed by atoms with Crippen LogP contribution in [-0.4, -0.2) is 9.78 Å². The van der Waals surface area contributed by atoms with E-state index in [0.29, 0.717) is 6.54 Å². The van der Waals surface area contributed by atoms with Gasteiger partial charge in [0.2, 0.25) is 0 Å². The van der Waals surface area contributed by atoms with Crippen molar-refractivity contribution in [1.29, 1.82) is 0 Å². The molecule has 1 heterocycles. The van der Waals surface area contributed by atoms with Crippen molar-refractivity contribution in [2.24, 2.45) is 0 Å². The van der Waals surface area contributed by atoms with Crippen LogP contribution in [-0.2, 0) is 12.1 Å². The van der Waals surface area contributed by atoms with E-state index < -0.39 is 5.54 Å². The fraction of sp³-hybridized carbons (Fsp3) is 0.0571. The molecule has 5 aromatic carbocycles. The van der Waals surface area contributed by atoms with E-state index in [2.05, 4.69) is 143 Å². The Kier molecular flexibility index (Phi) is 7.02. The van der Waals surface area contributed by atoms with Gasteiger partial charge in [0, 0.05) is 24.0 Å². The van der Waals surface area contributed by atoms with Gasteiger partial charge in [-0.05, 0) is 40.5 Å². The van der Waals surface area contributed by atoms with E-state index in [1.54, 1.807) is 0 Å². The van der Waals surface area contributed by atoms with Gasteiger partial charge in [-0.2, -0.15) is 5.10 Å². The quantitative estimate of drug-likeness (QED) is 0.158. The number of hydrazine groups is 1. The molecule has 6 rings (SSSR count). The van der Waals surface area contributed by atoms with Crippen LogP contribution in [0, 0.1) is 0 Å². The predicted octanol–water partition coefficient (Wildman–Crippen LogP) is 7.51. The van der Waals surface area contributed by atoms with Gasteiger partial charge in [0.1, 0.15) is 5.54 Å². The second-order valence-electron chi connectivity index (χ2n) is 9.50. The molecule has 0 aliphatic heterocycles. The van der Waals surface area contributed by atoms with Crippen LogP contribution in [0.3, 0.4) is 0 Å². The molecule has 0 spiro atoms. The number of benzene rings is 5. The fourth-order valence-electron chi connectivity index (χ4n) is 5.16. The average Bonchev–Trinajstić information content (AvgIpc) is 3.51. The lowest BCUT2D eigenvalue weighted by atomic mass is 9.77. The van der Waals surface area contributed by atoms with E-state index in [-0.39, 0.29) is 0 Å². The molecule has 0 radical (unpaired) electrons. The third-order valence-corrected chi connectivity index (χ3v) is 7.06. The molecule has 0 atom stereocenters. The summed E-state index contributed by atoms with van der Waals surface area (Å²) in [6.07, 6.45) is 2.10. The first-order chi connectivity index (χ1) is 19.3. The third kappa shape index (κ3) is 4.98. The first-order valence-electron chi connectivity index (χ1n) is 13.2. The Labute approximate surface area is 229 Å². The number of hydrogen-bond donors (Lipinski definition) is 2. The Balaban J connectivity index is 1.34. The summed E-state index contributed by atoms with van der Waals surface area (Å²) in [6.45, 7) is 0.711. The van der Waals surface area contributed by atoms with Gasteiger partial charge in [0.15, 0.2) is 0 Å². The van der Waals surface area contributed by atoms with Gasteiger partial charge < -0.3 is 5.43 Å². The maximum Gasteiger partial charge on any atom is 0.138 e. The SMILES string of the molecule is c1ccc(NNCc2ccc(-c3ccn(C(c4ccccc4)(c4ccccc4)c4ccccc4)n3)cc2)cc1. The summed E-state index contributed by atoms with van der Waals surface area (Å²) in [5.41, 5.74) is 13.6. The van der Waals surface area contributed by atoms with Gasteiger partial charge in [0.05, 0.1) is 5.69 Å². The van der Waals surface area contributed by atoms with E-state index in [1.807, 2.05) is 30.3 Å². The normalized spacial score (nSPS) is 11.3. The first-order valence-corrected chi connectivity index (χ1v) is 13.2. The van der Waals surface area contributed by atoms with Crippen molar-refractivity contribution >= 4 is 5.69 Å². The van der Waals surface area contributed by atoms with Crippen LogP contribution in [0.4, 0.5) is 5.69 Å². The highest BCUT2D eigenvalue weighted by Gasteiger charge is 2.39. The Hall–Kier alpha value is -4.93. The van der Waals surface area contributed by atoms with Gasteiger partial charge in [-0.25, -0.2) is 5.43 Å². The van der Waals surface area contributed by atoms with Crippen molar-refractivity contribution in [3.63, 3.8) is 0 Å². The zero-order valence-corrected chi connectivity index (χ0v) is 21.6. The molecule has 0 aliphatic carbocycles. The van der Waals surface area contributed by atoms with Crippen molar-refractivity contribution in [2.75, 3.05) is 5.43 Å². The van der Waals surface area contributed by atoms with Crippen LogP contribution >= 0.6 is 0 Å². The average molecular weight is 507 g/mol. The number of hydrogen-bond acceptors (Lipinski definition) is 3. The van der Waals surface area contributed by atoms with Crippen LogP contribution in [0.2, 0.25) is 0 Å². The number of nitrogens with zero attached hydrogens (tertiary/aromatic N) is 2. The smallest absolute Gasteiger partial charge is 0.138 e. The Morgan fingerprint density at radius 1 is 0.538 bits per heavy atom. The fourth-order valence-corrected chi connectivity index (χ4v) is 5.16. The molecule has 0 saturated carbocycles. The highest BCUT2D eigenvalue weighted by Crippen LogP contribution is 2.40. The highest BCUT2D eigenvalue weighted by molar-refractivity contribution is 5.60. The van der Waals surface area contributed by atoms with Crippen LogP contribution in [0.15, 0.2) is 158 Å². The van der Waals surface area contributed by atoms with Crippen LogP contribution in [0.25, 0.3) is 11.3 Å². The molecule has 0 unspecified atom stereocenters. The first kappa shape index (κ1) is 24.4. The van der Waals surface area contributed by atoms with Crippen molar-refractivity contribution in [1.82, 2.24) is 15.2 Å². The molecule has 190 valence electrons. The summed E-state index contributed by atoms with van der Waals surface area (Å²) in [4.78, 5) is 0. The summed E-state index contributed by atoms with van der Waals surface area (Å²) < 4.78 is 2.11. The molecule has 6 aromatic rings. The van der Waals surface area contributed by atoms with E-state index in [4.69, 9.17) is 5.10 Å². The molecule has 0 aliphatic rings. The van der Waals surface area contributed by atoms with Crippen LogP contribution < -0.4 is 10.9 Å². The minimum Gasteiger partial charge on any atom is -0.321 e. The van der Waals surface area contributed by atoms with Gasteiger partial charge in [0.25, 0.3) is 0 Å². The molecule has 0 saturated heterocycles.